The fourth-order valence-electron chi connectivity index (χ4n) is 5.23. The smallest absolute Gasteiger partial charge is 0.319 e. The summed E-state index contributed by atoms with van der Waals surface area (Å²) in [6.07, 6.45) is 3.97. The number of piperidine rings is 1. The number of rotatable bonds is 4. The van der Waals surface area contributed by atoms with Crippen LogP contribution in [0.5, 0.6) is 0 Å². The number of urea groups is 1. The highest BCUT2D eigenvalue weighted by atomic mass is 16.2. The molecule has 31 heavy (non-hydrogen) atoms. The summed E-state index contributed by atoms with van der Waals surface area (Å²) in [6, 6.07) is 8.48. The zero-order chi connectivity index (χ0) is 21.7. The number of aromatic nitrogens is 3. The molecule has 0 radical (unpaired) electrons. The van der Waals surface area contributed by atoms with Gasteiger partial charge in [0.2, 0.25) is 0 Å². The predicted molar refractivity (Wildman–Crippen MR) is 122 cm³/mol. The van der Waals surface area contributed by atoms with Gasteiger partial charge in [-0.25, -0.2) is 9.78 Å². The summed E-state index contributed by atoms with van der Waals surface area (Å²) in [5, 5.41) is 9.09. The second kappa shape index (κ2) is 7.44. The average Bonchev–Trinajstić information content (AvgIpc) is 3.43. The van der Waals surface area contributed by atoms with Gasteiger partial charge in [-0.2, -0.15) is 0 Å². The Morgan fingerprint density at radius 2 is 2.00 bits per heavy atom. The Balaban J connectivity index is 1.24. The molecule has 2 fully saturated rings. The van der Waals surface area contributed by atoms with E-state index in [0.29, 0.717) is 23.6 Å². The fraction of sp³-hybridized carbons (Fsp3) is 0.435. The highest BCUT2D eigenvalue weighted by molar-refractivity contribution is 5.89. The molecule has 162 valence electrons. The van der Waals surface area contributed by atoms with E-state index in [4.69, 9.17) is 0 Å². The maximum Gasteiger partial charge on any atom is 0.319 e. The third-order valence-electron chi connectivity index (χ3n) is 6.87. The summed E-state index contributed by atoms with van der Waals surface area (Å²) in [5.41, 5.74) is 4.94. The first-order valence-corrected chi connectivity index (χ1v) is 10.9. The van der Waals surface area contributed by atoms with E-state index >= 15 is 0 Å². The largest absolute Gasteiger partial charge is 0.368 e. The van der Waals surface area contributed by atoms with Crippen LogP contribution < -0.4 is 21.1 Å². The number of nitrogens with one attached hydrogen (secondary N) is 3. The van der Waals surface area contributed by atoms with Gasteiger partial charge in [0.05, 0.1) is 5.39 Å². The van der Waals surface area contributed by atoms with Gasteiger partial charge >= 0.3 is 6.03 Å². The van der Waals surface area contributed by atoms with Crippen LogP contribution in [0.15, 0.2) is 29.1 Å². The molecule has 2 aromatic heterocycles. The van der Waals surface area contributed by atoms with Crippen LogP contribution >= 0.6 is 0 Å². The Hall–Kier alpha value is -3.29. The van der Waals surface area contributed by atoms with Gasteiger partial charge in [-0.05, 0) is 74.4 Å². The highest BCUT2D eigenvalue weighted by Gasteiger charge is 2.37. The lowest BCUT2D eigenvalue weighted by molar-refractivity contribution is 0.251. The summed E-state index contributed by atoms with van der Waals surface area (Å²) < 4.78 is 1.62. The van der Waals surface area contributed by atoms with E-state index < -0.39 is 0 Å². The average molecular weight is 421 g/mol. The highest BCUT2D eigenvalue weighted by Crippen LogP contribution is 2.40. The van der Waals surface area contributed by atoms with Crippen molar-refractivity contribution in [2.45, 2.75) is 45.7 Å². The van der Waals surface area contributed by atoms with Gasteiger partial charge in [0.25, 0.3) is 5.56 Å². The van der Waals surface area contributed by atoms with Gasteiger partial charge in [0.15, 0.2) is 5.65 Å². The van der Waals surface area contributed by atoms with Crippen LogP contribution in [0.25, 0.3) is 11.0 Å². The summed E-state index contributed by atoms with van der Waals surface area (Å²) in [7, 11) is 1.76. The van der Waals surface area contributed by atoms with Gasteiger partial charge in [0, 0.05) is 43.2 Å². The standard InChI is InChI=1S/C23H28N6O2/c1-13-19(14(2)25-21-20(13)22(30)27-28(21)3)11-24-23(31)26-16-5-8-17(9-6-16)29-12-15-4-7-18(29)10-15/h5-6,8-9,15,18H,4,7,10-12H2,1-3H3,(H,27,30)(H2,24,26,31). The minimum atomic E-state index is -0.283. The van der Waals surface area contributed by atoms with Gasteiger partial charge in [-0.15, -0.1) is 0 Å². The minimum Gasteiger partial charge on any atom is -0.368 e. The van der Waals surface area contributed by atoms with E-state index in [1.165, 1.54) is 24.9 Å². The maximum atomic E-state index is 12.5. The number of aromatic amines is 1. The molecule has 1 saturated heterocycles. The van der Waals surface area contributed by atoms with Gasteiger partial charge in [-0.1, -0.05) is 0 Å². The molecule has 8 nitrogen and oxygen atoms in total. The van der Waals surface area contributed by atoms with E-state index in [9.17, 15) is 9.59 Å². The first-order valence-electron chi connectivity index (χ1n) is 10.9. The van der Waals surface area contributed by atoms with Crippen molar-refractivity contribution in [1.29, 1.82) is 0 Å². The lowest BCUT2D eigenvalue weighted by atomic mass is 10.1. The first kappa shape index (κ1) is 19.7. The normalized spacial score (nSPS) is 19.9. The number of benzene rings is 1. The van der Waals surface area contributed by atoms with E-state index in [1.807, 2.05) is 26.0 Å². The topological polar surface area (TPSA) is 95.1 Å². The summed E-state index contributed by atoms with van der Waals surface area (Å²) in [5.74, 6) is 0.848. The second-order valence-corrected chi connectivity index (χ2v) is 8.84. The van der Waals surface area contributed by atoms with Crippen LogP contribution in [0, 0.1) is 19.8 Å². The quantitative estimate of drug-likeness (QED) is 0.604. The Kier molecular flexibility index (Phi) is 4.72. The molecule has 2 unspecified atom stereocenters. The molecule has 2 amide bonds. The number of pyridine rings is 1. The van der Waals surface area contributed by atoms with E-state index in [1.54, 1.807) is 11.7 Å². The van der Waals surface area contributed by atoms with Crippen LogP contribution in [0.2, 0.25) is 0 Å². The molecule has 2 atom stereocenters. The summed E-state index contributed by atoms with van der Waals surface area (Å²) in [4.78, 5) is 31.7. The van der Waals surface area contributed by atoms with Crippen LogP contribution in [-0.4, -0.2) is 33.4 Å². The molecule has 2 aliphatic rings. The second-order valence-electron chi connectivity index (χ2n) is 8.84. The van der Waals surface area contributed by atoms with Crippen molar-refractivity contribution >= 4 is 28.4 Å². The van der Waals surface area contributed by atoms with Gasteiger partial charge < -0.3 is 15.5 Å². The first-order chi connectivity index (χ1) is 14.9. The van der Waals surface area contributed by atoms with Crippen LogP contribution in [-0.2, 0) is 13.6 Å². The number of fused-ring (bicyclic) bond motifs is 3. The number of nitrogens with zero attached hydrogens (tertiary/aromatic N) is 3. The van der Waals surface area contributed by atoms with Crippen LogP contribution in [0.4, 0.5) is 16.2 Å². The molecule has 5 rings (SSSR count). The van der Waals surface area contributed by atoms with E-state index in [0.717, 1.165) is 35.0 Å². The van der Waals surface area contributed by atoms with Crippen molar-refractivity contribution in [1.82, 2.24) is 20.1 Å². The molecular formula is C23H28N6O2. The molecule has 1 aromatic carbocycles. The maximum absolute atomic E-state index is 12.5. The van der Waals surface area contributed by atoms with Crippen molar-refractivity contribution < 1.29 is 4.79 Å². The zero-order valence-electron chi connectivity index (χ0n) is 18.2. The third-order valence-corrected chi connectivity index (χ3v) is 6.87. The number of carbonyl (C=O) groups is 1. The summed E-state index contributed by atoms with van der Waals surface area (Å²) >= 11 is 0. The lowest BCUT2D eigenvalue weighted by Gasteiger charge is -2.29. The molecule has 0 spiro atoms. The number of carbonyl (C=O) groups excluding carboxylic acids is 1. The predicted octanol–water partition coefficient (Wildman–Crippen LogP) is 3.19. The molecule has 8 heteroatoms. The van der Waals surface area contributed by atoms with Crippen molar-refractivity contribution in [3.05, 3.63) is 51.4 Å². The number of anilines is 2. The zero-order valence-corrected chi connectivity index (χ0v) is 18.2. The molecule has 2 bridgehead atoms. The molecule has 3 heterocycles. The molecule has 3 N–H and O–H groups in total. The van der Waals surface area contributed by atoms with Crippen molar-refractivity contribution in [3.63, 3.8) is 0 Å². The number of aryl methyl sites for hydroxylation is 3. The van der Waals surface area contributed by atoms with Crippen molar-refractivity contribution in [2.24, 2.45) is 13.0 Å². The van der Waals surface area contributed by atoms with E-state index in [-0.39, 0.29) is 11.6 Å². The molecule has 1 saturated carbocycles. The Labute approximate surface area is 180 Å². The Bertz CT molecular complexity index is 1210. The number of hydrogen-bond acceptors (Lipinski definition) is 4. The van der Waals surface area contributed by atoms with Gasteiger partial charge in [-0.3, -0.25) is 14.6 Å². The molecular weight excluding hydrogens is 392 g/mol. The number of amides is 2. The Morgan fingerprint density at radius 3 is 2.68 bits per heavy atom. The Morgan fingerprint density at radius 1 is 1.23 bits per heavy atom. The number of hydrogen-bond donors (Lipinski definition) is 3. The minimum absolute atomic E-state index is 0.167. The third kappa shape index (κ3) is 3.45. The lowest BCUT2D eigenvalue weighted by Crippen LogP contribution is -2.31. The molecule has 3 aromatic rings. The molecule has 1 aliphatic heterocycles. The SMILES string of the molecule is Cc1nc2c(c(C)c1CNC(=O)Nc1ccc(N3CC4CCC3C4)cc1)c(=O)[nH]n2C. The van der Waals surface area contributed by atoms with Crippen LogP contribution in [0.1, 0.15) is 36.1 Å². The van der Waals surface area contributed by atoms with Crippen molar-refractivity contribution in [2.75, 3.05) is 16.8 Å². The van der Waals surface area contributed by atoms with Crippen LogP contribution in [0.3, 0.4) is 0 Å². The van der Waals surface area contributed by atoms with Crippen molar-refractivity contribution in [3.8, 4) is 0 Å². The molecule has 1 aliphatic carbocycles. The fourth-order valence-corrected chi connectivity index (χ4v) is 5.23. The van der Waals surface area contributed by atoms with Gasteiger partial charge in [0.1, 0.15) is 0 Å². The monoisotopic (exact) mass is 420 g/mol. The number of H-pyrrole nitrogens is 1. The van der Waals surface area contributed by atoms with E-state index in [2.05, 4.69) is 37.7 Å². The summed E-state index contributed by atoms with van der Waals surface area (Å²) in [6.45, 7) is 5.24.